The van der Waals surface area contributed by atoms with E-state index in [0.717, 1.165) is 25.1 Å². The van der Waals surface area contributed by atoms with Crippen LogP contribution in [0.5, 0.6) is 0 Å². The maximum Gasteiger partial charge on any atom is 0.123 e. The topological polar surface area (TPSA) is 53.1 Å². The molecular weight excluding hydrogens is 241 g/mol. The number of rotatable bonds is 7. The van der Waals surface area contributed by atoms with Gasteiger partial charge < -0.3 is 5.73 Å². The van der Waals surface area contributed by atoms with Crippen LogP contribution < -0.4 is 5.73 Å². The van der Waals surface area contributed by atoms with Crippen molar-refractivity contribution in [3.05, 3.63) is 35.1 Å². The molecule has 0 radical (unpaired) electrons. The van der Waals surface area contributed by atoms with Crippen LogP contribution in [-0.4, -0.2) is 23.8 Å². The molecule has 1 aromatic carbocycles. The van der Waals surface area contributed by atoms with Crippen LogP contribution in [0.3, 0.4) is 0 Å². The molecule has 0 saturated heterocycles. The quantitative estimate of drug-likeness (QED) is 0.588. The Bertz CT molecular complexity index is 431. The SMILES string of the molecule is CCC(C)CN(CC)Cc1ccc(F)cc1C(=N)N. The molecule has 0 amide bonds. The lowest BCUT2D eigenvalue weighted by Crippen LogP contribution is -2.29. The first-order valence-electron chi connectivity index (χ1n) is 6.83. The summed E-state index contributed by atoms with van der Waals surface area (Å²) in [5.74, 6) is 0.203. The monoisotopic (exact) mass is 265 g/mol. The number of benzene rings is 1. The van der Waals surface area contributed by atoms with Crippen molar-refractivity contribution in [2.75, 3.05) is 13.1 Å². The van der Waals surface area contributed by atoms with Gasteiger partial charge in [0.15, 0.2) is 0 Å². The molecule has 1 atom stereocenters. The number of halogens is 1. The van der Waals surface area contributed by atoms with Gasteiger partial charge in [0.1, 0.15) is 11.7 Å². The van der Waals surface area contributed by atoms with Gasteiger partial charge in [-0.1, -0.05) is 33.3 Å². The zero-order valence-electron chi connectivity index (χ0n) is 12.0. The maximum atomic E-state index is 13.2. The lowest BCUT2D eigenvalue weighted by atomic mass is 10.0. The Hall–Kier alpha value is -1.42. The number of hydrogen-bond acceptors (Lipinski definition) is 2. The first kappa shape index (κ1) is 15.6. The molecule has 3 N–H and O–H groups in total. The predicted molar refractivity (Wildman–Crippen MR) is 77.8 cm³/mol. The molecule has 0 aliphatic rings. The van der Waals surface area contributed by atoms with E-state index in [2.05, 4.69) is 25.7 Å². The van der Waals surface area contributed by atoms with Gasteiger partial charge in [-0.25, -0.2) is 4.39 Å². The first-order valence-corrected chi connectivity index (χ1v) is 6.83. The summed E-state index contributed by atoms with van der Waals surface area (Å²) in [6, 6.07) is 4.50. The molecule has 1 aromatic rings. The smallest absolute Gasteiger partial charge is 0.123 e. The zero-order chi connectivity index (χ0) is 14.4. The van der Waals surface area contributed by atoms with E-state index in [-0.39, 0.29) is 11.7 Å². The third-order valence-corrected chi connectivity index (χ3v) is 3.47. The van der Waals surface area contributed by atoms with E-state index in [1.54, 1.807) is 6.07 Å². The highest BCUT2D eigenvalue weighted by molar-refractivity contribution is 5.96. The molecule has 0 fully saturated rings. The van der Waals surface area contributed by atoms with E-state index in [0.29, 0.717) is 18.0 Å². The summed E-state index contributed by atoms with van der Waals surface area (Å²) in [7, 11) is 0. The van der Waals surface area contributed by atoms with Gasteiger partial charge in [0.05, 0.1) is 0 Å². The van der Waals surface area contributed by atoms with E-state index < -0.39 is 0 Å². The molecule has 0 heterocycles. The van der Waals surface area contributed by atoms with Crippen molar-refractivity contribution < 1.29 is 4.39 Å². The minimum absolute atomic E-state index is 0.0749. The Morgan fingerprint density at radius 2 is 2.11 bits per heavy atom. The second-order valence-corrected chi connectivity index (χ2v) is 5.06. The van der Waals surface area contributed by atoms with Gasteiger partial charge in [-0.15, -0.1) is 0 Å². The van der Waals surface area contributed by atoms with Crippen LogP contribution in [-0.2, 0) is 6.54 Å². The molecule has 0 aromatic heterocycles. The van der Waals surface area contributed by atoms with Crippen molar-refractivity contribution >= 4 is 5.84 Å². The van der Waals surface area contributed by atoms with E-state index >= 15 is 0 Å². The molecule has 0 aliphatic heterocycles. The molecule has 0 bridgehead atoms. The minimum Gasteiger partial charge on any atom is -0.384 e. The van der Waals surface area contributed by atoms with Crippen molar-refractivity contribution in [2.24, 2.45) is 11.7 Å². The number of amidine groups is 1. The lowest BCUT2D eigenvalue weighted by Gasteiger charge is -2.24. The fourth-order valence-corrected chi connectivity index (χ4v) is 2.05. The van der Waals surface area contributed by atoms with Crippen molar-refractivity contribution in [1.29, 1.82) is 5.41 Å². The van der Waals surface area contributed by atoms with Crippen LogP contribution >= 0.6 is 0 Å². The van der Waals surface area contributed by atoms with Gasteiger partial charge in [0, 0.05) is 18.7 Å². The highest BCUT2D eigenvalue weighted by atomic mass is 19.1. The summed E-state index contributed by atoms with van der Waals surface area (Å²) >= 11 is 0. The molecule has 19 heavy (non-hydrogen) atoms. The van der Waals surface area contributed by atoms with E-state index in [4.69, 9.17) is 11.1 Å². The van der Waals surface area contributed by atoms with Gasteiger partial charge >= 0.3 is 0 Å². The third-order valence-electron chi connectivity index (χ3n) is 3.47. The minimum atomic E-state index is -0.348. The van der Waals surface area contributed by atoms with Gasteiger partial charge in [-0.3, -0.25) is 10.3 Å². The normalized spacial score (nSPS) is 12.7. The van der Waals surface area contributed by atoms with Crippen molar-refractivity contribution in [1.82, 2.24) is 4.90 Å². The largest absolute Gasteiger partial charge is 0.384 e. The molecule has 3 nitrogen and oxygen atoms in total. The molecule has 0 spiro atoms. The summed E-state index contributed by atoms with van der Waals surface area (Å²) in [6.45, 7) is 9.15. The van der Waals surface area contributed by atoms with E-state index in [1.165, 1.54) is 12.1 Å². The molecule has 0 saturated carbocycles. The third kappa shape index (κ3) is 4.63. The second-order valence-electron chi connectivity index (χ2n) is 5.06. The number of nitrogens with one attached hydrogen (secondary N) is 1. The molecular formula is C15H24FN3. The second kappa shape index (κ2) is 7.24. The average molecular weight is 265 g/mol. The number of hydrogen-bond donors (Lipinski definition) is 2. The Balaban J connectivity index is 2.87. The molecule has 1 rings (SSSR count). The van der Waals surface area contributed by atoms with Crippen LogP contribution in [0.25, 0.3) is 0 Å². The Labute approximate surface area is 115 Å². The van der Waals surface area contributed by atoms with Crippen LogP contribution in [0.4, 0.5) is 4.39 Å². The predicted octanol–water partition coefficient (Wildman–Crippen LogP) is 2.98. The van der Waals surface area contributed by atoms with Crippen LogP contribution in [0.1, 0.15) is 38.3 Å². The fraction of sp³-hybridized carbons (Fsp3) is 0.533. The highest BCUT2D eigenvalue weighted by Gasteiger charge is 2.12. The molecule has 106 valence electrons. The molecule has 4 heteroatoms. The van der Waals surface area contributed by atoms with Crippen LogP contribution in [0.15, 0.2) is 18.2 Å². The van der Waals surface area contributed by atoms with Crippen molar-refractivity contribution in [3.8, 4) is 0 Å². The van der Waals surface area contributed by atoms with Crippen LogP contribution in [0.2, 0.25) is 0 Å². The molecule has 1 unspecified atom stereocenters. The van der Waals surface area contributed by atoms with Crippen molar-refractivity contribution in [3.63, 3.8) is 0 Å². The van der Waals surface area contributed by atoms with Crippen LogP contribution in [0, 0.1) is 17.1 Å². The first-order chi connectivity index (χ1) is 8.97. The summed E-state index contributed by atoms with van der Waals surface area (Å²) in [4.78, 5) is 2.30. The summed E-state index contributed by atoms with van der Waals surface area (Å²) in [5, 5.41) is 7.54. The lowest BCUT2D eigenvalue weighted by molar-refractivity contribution is 0.238. The Morgan fingerprint density at radius 3 is 2.63 bits per heavy atom. The van der Waals surface area contributed by atoms with Crippen molar-refractivity contribution in [2.45, 2.75) is 33.7 Å². The summed E-state index contributed by atoms with van der Waals surface area (Å²) in [6.07, 6.45) is 1.14. The number of nitrogens with two attached hydrogens (primary N) is 1. The summed E-state index contributed by atoms with van der Waals surface area (Å²) in [5.41, 5.74) is 6.94. The van der Waals surface area contributed by atoms with Gasteiger partial charge in [-0.2, -0.15) is 0 Å². The Kier molecular flexibility index (Phi) is 5.96. The highest BCUT2D eigenvalue weighted by Crippen LogP contribution is 2.15. The van der Waals surface area contributed by atoms with Gasteiger partial charge in [0.2, 0.25) is 0 Å². The fourth-order valence-electron chi connectivity index (χ4n) is 2.05. The molecule has 0 aliphatic carbocycles. The number of nitrogen functional groups attached to an aromatic ring is 1. The zero-order valence-corrected chi connectivity index (χ0v) is 12.0. The van der Waals surface area contributed by atoms with Gasteiger partial charge in [0.25, 0.3) is 0 Å². The standard InChI is InChI=1S/C15H24FN3/c1-4-11(3)9-19(5-2)10-12-6-7-13(16)8-14(12)15(17)18/h6-8,11H,4-5,9-10H2,1-3H3,(H3,17,18). The summed E-state index contributed by atoms with van der Waals surface area (Å²) < 4.78 is 13.2. The maximum absolute atomic E-state index is 13.2. The number of nitrogens with zero attached hydrogens (tertiary/aromatic N) is 1. The van der Waals surface area contributed by atoms with Gasteiger partial charge in [-0.05, 0) is 30.2 Å². The average Bonchev–Trinajstić information content (AvgIpc) is 2.39. The van der Waals surface area contributed by atoms with E-state index in [1.807, 2.05) is 0 Å². The van der Waals surface area contributed by atoms with E-state index in [9.17, 15) is 4.39 Å². The Morgan fingerprint density at radius 1 is 1.42 bits per heavy atom.